The molecule has 0 aliphatic carbocycles. The molecule has 2 fully saturated rings. The first-order valence-corrected chi connectivity index (χ1v) is 8.77. The molecule has 0 bridgehead atoms. The van der Waals surface area contributed by atoms with E-state index in [1.54, 1.807) is 0 Å². The SMILES string of the molecule is O=C(O)[C@H]1C(CCN2CCCC2=O)NCC1c1ccc2c(c1)OCO2. The molecular formula is C18H22N2O5. The molecule has 0 spiro atoms. The second-order valence-corrected chi connectivity index (χ2v) is 6.87. The van der Waals surface area contributed by atoms with Gasteiger partial charge in [-0.25, -0.2) is 0 Å². The van der Waals surface area contributed by atoms with Gasteiger partial charge in [-0.05, 0) is 30.5 Å². The number of carboxylic acids is 1. The van der Waals surface area contributed by atoms with E-state index in [0.29, 0.717) is 37.4 Å². The fraction of sp³-hybridized carbons (Fsp3) is 0.556. The number of ether oxygens (including phenoxy) is 2. The van der Waals surface area contributed by atoms with Crippen LogP contribution in [-0.4, -0.2) is 54.4 Å². The lowest BCUT2D eigenvalue weighted by atomic mass is 9.84. The Balaban J connectivity index is 1.48. The first-order valence-electron chi connectivity index (χ1n) is 8.77. The molecule has 1 aromatic rings. The monoisotopic (exact) mass is 346 g/mol. The number of amides is 1. The normalized spacial score (nSPS) is 27.9. The highest BCUT2D eigenvalue weighted by Crippen LogP contribution is 2.39. The second-order valence-electron chi connectivity index (χ2n) is 6.87. The van der Waals surface area contributed by atoms with Gasteiger partial charge in [0.15, 0.2) is 11.5 Å². The summed E-state index contributed by atoms with van der Waals surface area (Å²) < 4.78 is 10.7. The van der Waals surface area contributed by atoms with Crippen LogP contribution >= 0.6 is 0 Å². The highest BCUT2D eigenvalue weighted by atomic mass is 16.7. The summed E-state index contributed by atoms with van der Waals surface area (Å²) in [6, 6.07) is 5.51. The maximum absolute atomic E-state index is 11.9. The Morgan fingerprint density at radius 2 is 2.16 bits per heavy atom. The summed E-state index contributed by atoms with van der Waals surface area (Å²) in [6.07, 6.45) is 2.17. The van der Waals surface area contributed by atoms with E-state index in [4.69, 9.17) is 9.47 Å². The van der Waals surface area contributed by atoms with Gasteiger partial charge in [0.05, 0.1) is 5.92 Å². The predicted molar refractivity (Wildman–Crippen MR) is 88.7 cm³/mol. The minimum absolute atomic E-state index is 0.119. The van der Waals surface area contributed by atoms with Gasteiger partial charge in [-0.2, -0.15) is 0 Å². The number of rotatable bonds is 5. The zero-order chi connectivity index (χ0) is 17.4. The van der Waals surface area contributed by atoms with E-state index in [0.717, 1.165) is 18.5 Å². The summed E-state index contributed by atoms with van der Waals surface area (Å²) in [5.74, 6) is 0.116. The van der Waals surface area contributed by atoms with Crippen molar-refractivity contribution in [3.8, 4) is 11.5 Å². The highest BCUT2D eigenvalue weighted by molar-refractivity contribution is 5.78. The Kier molecular flexibility index (Phi) is 4.25. The molecule has 134 valence electrons. The molecule has 2 unspecified atom stereocenters. The van der Waals surface area contributed by atoms with Crippen LogP contribution in [0.1, 0.15) is 30.7 Å². The minimum Gasteiger partial charge on any atom is -0.481 e. The van der Waals surface area contributed by atoms with E-state index < -0.39 is 11.9 Å². The van der Waals surface area contributed by atoms with E-state index in [1.807, 2.05) is 23.1 Å². The smallest absolute Gasteiger partial charge is 0.308 e. The zero-order valence-electron chi connectivity index (χ0n) is 13.9. The minimum atomic E-state index is -0.801. The number of nitrogens with one attached hydrogen (secondary N) is 1. The van der Waals surface area contributed by atoms with Crippen molar-refractivity contribution in [2.45, 2.75) is 31.2 Å². The van der Waals surface area contributed by atoms with Crippen LogP contribution < -0.4 is 14.8 Å². The molecule has 0 radical (unpaired) electrons. The first-order chi connectivity index (χ1) is 12.1. The Bertz CT molecular complexity index is 692. The number of hydrogen-bond donors (Lipinski definition) is 2. The van der Waals surface area contributed by atoms with Crippen molar-refractivity contribution in [1.29, 1.82) is 0 Å². The molecule has 25 heavy (non-hydrogen) atoms. The van der Waals surface area contributed by atoms with E-state index in [1.165, 1.54) is 0 Å². The van der Waals surface area contributed by atoms with Crippen molar-refractivity contribution in [2.24, 2.45) is 5.92 Å². The molecule has 2 N–H and O–H groups in total. The van der Waals surface area contributed by atoms with Crippen LogP contribution in [0.25, 0.3) is 0 Å². The molecule has 0 aromatic heterocycles. The van der Waals surface area contributed by atoms with Crippen molar-refractivity contribution >= 4 is 11.9 Å². The van der Waals surface area contributed by atoms with Crippen LogP contribution in [0.15, 0.2) is 18.2 Å². The third-order valence-electron chi connectivity index (χ3n) is 5.46. The average Bonchev–Trinajstić information content (AvgIpc) is 3.31. The standard InChI is InChI=1S/C18H22N2O5/c21-16-2-1-6-20(16)7-5-13-17(18(22)23)12(9-19-13)11-3-4-14-15(8-11)25-10-24-14/h3-4,8,12-13,17,19H,1-2,5-7,9-10H2,(H,22,23)/t12?,13?,17-/m1/s1. The van der Waals surface area contributed by atoms with Crippen molar-refractivity contribution in [1.82, 2.24) is 10.2 Å². The third kappa shape index (κ3) is 3.04. The average molecular weight is 346 g/mol. The van der Waals surface area contributed by atoms with Gasteiger partial charge < -0.3 is 24.8 Å². The maximum atomic E-state index is 11.9. The van der Waals surface area contributed by atoms with Gasteiger partial charge in [-0.15, -0.1) is 0 Å². The lowest BCUT2D eigenvalue weighted by molar-refractivity contribution is -0.142. The lowest BCUT2D eigenvalue weighted by Gasteiger charge is -2.23. The molecule has 3 atom stereocenters. The van der Waals surface area contributed by atoms with Gasteiger partial charge in [-0.3, -0.25) is 9.59 Å². The van der Waals surface area contributed by atoms with Gasteiger partial charge in [0.2, 0.25) is 12.7 Å². The van der Waals surface area contributed by atoms with Gasteiger partial charge in [0, 0.05) is 38.0 Å². The van der Waals surface area contributed by atoms with Crippen molar-refractivity contribution in [2.75, 3.05) is 26.4 Å². The number of carbonyl (C=O) groups excluding carboxylic acids is 1. The fourth-order valence-electron chi connectivity index (χ4n) is 4.14. The van der Waals surface area contributed by atoms with Gasteiger partial charge in [-0.1, -0.05) is 6.07 Å². The summed E-state index contributed by atoms with van der Waals surface area (Å²) in [5.41, 5.74) is 0.948. The summed E-state index contributed by atoms with van der Waals surface area (Å²) >= 11 is 0. The topological polar surface area (TPSA) is 88.1 Å². The lowest BCUT2D eigenvalue weighted by Crippen LogP contribution is -2.37. The zero-order valence-corrected chi connectivity index (χ0v) is 13.9. The quantitative estimate of drug-likeness (QED) is 0.832. The van der Waals surface area contributed by atoms with Crippen molar-refractivity contribution in [3.05, 3.63) is 23.8 Å². The van der Waals surface area contributed by atoms with Gasteiger partial charge in [0.25, 0.3) is 0 Å². The number of carboxylic acid groups (broad SMARTS) is 1. The molecule has 1 aromatic carbocycles. The molecule has 7 nitrogen and oxygen atoms in total. The maximum Gasteiger partial charge on any atom is 0.308 e. The number of fused-ring (bicyclic) bond motifs is 1. The fourth-order valence-corrected chi connectivity index (χ4v) is 4.14. The van der Waals surface area contributed by atoms with Crippen LogP contribution in [0.5, 0.6) is 11.5 Å². The largest absolute Gasteiger partial charge is 0.481 e. The second kappa shape index (κ2) is 6.55. The highest BCUT2D eigenvalue weighted by Gasteiger charge is 2.42. The van der Waals surface area contributed by atoms with E-state index in [-0.39, 0.29) is 24.7 Å². The Labute approximate surface area is 145 Å². The summed E-state index contributed by atoms with van der Waals surface area (Å²) in [5, 5.41) is 13.1. The number of aliphatic carboxylic acids is 1. The molecular weight excluding hydrogens is 324 g/mol. The van der Waals surface area contributed by atoms with Crippen molar-refractivity contribution in [3.63, 3.8) is 0 Å². The summed E-state index contributed by atoms with van der Waals surface area (Å²) in [6.45, 7) is 2.22. The van der Waals surface area contributed by atoms with Crippen LogP contribution in [0.4, 0.5) is 0 Å². The van der Waals surface area contributed by atoms with E-state index >= 15 is 0 Å². The molecule has 0 saturated carbocycles. The molecule has 3 aliphatic rings. The molecule has 7 heteroatoms. The number of carbonyl (C=O) groups is 2. The Morgan fingerprint density at radius 1 is 1.32 bits per heavy atom. The number of likely N-dealkylation sites (tertiary alicyclic amines) is 1. The number of hydrogen-bond acceptors (Lipinski definition) is 5. The molecule has 1 amide bonds. The van der Waals surface area contributed by atoms with Crippen LogP contribution in [-0.2, 0) is 9.59 Å². The third-order valence-corrected chi connectivity index (χ3v) is 5.46. The number of benzene rings is 1. The summed E-state index contributed by atoms with van der Waals surface area (Å²) in [4.78, 5) is 25.5. The van der Waals surface area contributed by atoms with Crippen molar-refractivity contribution < 1.29 is 24.2 Å². The van der Waals surface area contributed by atoms with E-state index in [2.05, 4.69) is 5.32 Å². The summed E-state index contributed by atoms with van der Waals surface area (Å²) in [7, 11) is 0. The Hall–Kier alpha value is -2.28. The van der Waals surface area contributed by atoms with Crippen LogP contribution in [0.2, 0.25) is 0 Å². The Morgan fingerprint density at radius 3 is 2.92 bits per heavy atom. The van der Waals surface area contributed by atoms with Gasteiger partial charge >= 0.3 is 5.97 Å². The molecule has 3 aliphatic heterocycles. The first kappa shape index (κ1) is 16.2. The predicted octanol–water partition coefficient (Wildman–Crippen LogP) is 1.18. The van der Waals surface area contributed by atoms with Crippen LogP contribution in [0, 0.1) is 5.92 Å². The molecule has 4 rings (SSSR count). The van der Waals surface area contributed by atoms with E-state index in [9.17, 15) is 14.7 Å². The molecule has 3 heterocycles. The van der Waals surface area contributed by atoms with Gasteiger partial charge in [0.1, 0.15) is 0 Å². The molecule has 2 saturated heterocycles. The van der Waals surface area contributed by atoms with Crippen LogP contribution in [0.3, 0.4) is 0 Å². The number of nitrogens with zero attached hydrogens (tertiary/aromatic N) is 1.